The molecule has 0 aliphatic heterocycles. The first kappa shape index (κ1) is 14.3. The molecule has 1 aromatic carbocycles. The standard InChI is InChI=1S/C16H19NO3/c1-3-11-20-14-9-5-4-7-12(14)15(18)13-8-6-10-17-16(13)19-2/h4-10,15,18H,3,11H2,1-2H3. The number of aromatic nitrogens is 1. The first-order chi connectivity index (χ1) is 9.77. The summed E-state index contributed by atoms with van der Waals surface area (Å²) in [4.78, 5) is 4.11. The summed E-state index contributed by atoms with van der Waals surface area (Å²) in [6.45, 7) is 2.66. The molecule has 1 heterocycles. The lowest BCUT2D eigenvalue weighted by Gasteiger charge is -2.17. The number of rotatable bonds is 6. The molecule has 0 fully saturated rings. The second-order valence-electron chi connectivity index (χ2n) is 4.39. The molecule has 0 aliphatic rings. The molecule has 4 nitrogen and oxygen atoms in total. The van der Waals surface area contributed by atoms with Gasteiger partial charge in [-0.3, -0.25) is 0 Å². The van der Waals surface area contributed by atoms with Crippen molar-refractivity contribution in [2.45, 2.75) is 19.4 Å². The number of methoxy groups -OCH3 is 1. The Morgan fingerprint density at radius 1 is 1.15 bits per heavy atom. The third-order valence-corrected chi connectivity index (χ3v) is 2.96. The molecule has 20 heavy (non-hydrogen) atoms. The van der Waals surface area contributed by atoms with Crippen LogP contribution >= 0.6 is 0 Å². The molecule has 2 aromatic rings. The van der Waals surface area contributed by atoms with Crippen LogP contribution in [0, 0.1) is 0 Å². The molecular weight excluding hydrogens is 254 g/mol. The molecule has 0 radical (unpaired) electrons. The average molecular weight is 273 g/mol. The maximum absolute atomic E-state index is 10.6. The van der Waals surface area contributed by atoms with E-state index in [0.29, 0.717) is 29.4 Å². The molecule has 4 heteroatoms. The summed E-state index contributed by atoms with van der Waals surface area (Å²) in [5, 5.41) is 10.6. The van der Waals surface area contributed by atoms with Crippen LogP contribution in [0.15, 0.2) is 42.6 Å². The summed E-state index contributed by atoms with van der Waals surface area (Å²) in [7, 11) is 1.54. The zero-order chi connectivity index (χ0) is 14.4. The molecule has 0 aliphatic carbocycles. The van der Waals surface area contributed by atoms with E-state index in [2.05, 4.69) is 4.98 Å². The van der Waals surface area contributed by atoms with Gasteiger partial charge in [0.2, 0.25) is 5.88 Å². The number of hydrogen-bond acceptors (Lipinski definition) is 4. The number of benzene rings is 1. The SMILES string of the molecule is CCCOc1ccccc1C(O)c1cccnc1OC. The molecule has 0 saturated heterocycles. The Kier molecular flexibility index (Phi) is 4.96. The van der Waals surface area contributed by atoms with Gasteiger partial charge in [-0.05, 0) is 24.6 Å². The van der Waals surface area contributed by atoms with Crippen molar-refractivity contribution in [1.82, 2.24) is 4.98 Å². The van der Waals surface area contributed by atoms with Gasteiger partial charge in [-0.25, -0.2) is 4.98 Å². The Hall–Kier alpha value is -2.07. The maximum atomic E-state index is 10.6. The maximum Gasteiger partial charge on any atom is 0.219 e. The molecule has 0 saturated carbocycles. The number of aliphatic hydroxyl groups is 1. The predicted octanol–water partition coefficient (Wildman–Crippen LogP) is 2.96. The fraction of sp³-hybridized carbons (Fsp3) is 0.312. The highest BCUT2D eigenvalue weighted by atomic mass is 16.5. The monoisotopic (exact) mass is 273 g/mol. The van der Waals surface area contributed by atoms with Gasteiger partial charge in [0.15, 0.2) is 0 Å². The van der Waals surface area contributed by atoms with Crippen LogP contribution in [0.25, 0.3) is 0 Å². The first-order valence-corrected chi connectivity index (χ1v) is 6.66. The Labute approximate surface area is 119 Å². The van der Waals surface area contributed by atoms with Gasteiger partial charge < -0.3 is 14.6 Å². The van der Waals surface area contributed by atoms with Crippen molar-refractivity contribution in [3.8, 4) is 11.6 Å². The highest BCUT2D eigenvalue weighted by Crippen LogP contribution is 2.33. The van der Waals surface area contributed by atoms with Crippen molar-refractivity contribution in [3.05, 3.63) is 53.7 Å². The fourth-order valence-corrected chi connectivity index (χ4v) is 2.00. The van der Waals surface area contributed by atoms with E-state index < -0.39 is 6.10 Å². The summed E-state index contributed by atoms with van der Waals surface area (Å²) in [6.07, 6.45) is 1.72. The van der Waals surface area contributed by atoms with Gasteiger partial charge in [0.25, 0.3) is 0 Å². The van der Waals surface area contributed by atoms with Crippen LogP contribution in [0.4, 0.5) is 0 Å². The van der Waals surface area contributed by atoms with Gasteiger partial charge in [0.1, 0.15) is 11.9 Å². The number of pyridine rings is 1. The van der Waals surface area contributed by atoms with Crippen molar-refractivity contribution in [2.24, 2.45) is 0 Å². The van der Waals surface area contributed by atoms with E-state index in [1.807, 2.05) is 31.2 Å². The van der Waals surface area contributed by atoms with Crippen molar-refractivity contribution in [3.63, 3.8) is 0 Å². The van der Waals surface area contributed by atoms with E-state index in [1.165, 1.54) is 7.11 Å². The van der Waals surface area contributed by atoms with E-state index >= 15 is 0 Å². The fourth-order valence-electron chi connectivity index (χ4n) is 2.00. The van der Waals surface area contributed by atoms with Crippen LogP contribution in [0.3, 0.4) is 0 Å². The minimum Gasteiger partial charge on any atom is -0.493 e. The van der Waals surface area contributed by atoms with Gasteiger partial charge in [-0.15, -0.1) is 0 Å². The highest BCUT2D eigenvalue weighted by molar-refractivity contribution is 5.42. The zero-order valence-electron chi connectivity index (χ0n) is 11.7. The summed E-state index contributed by atoms with van der Waals surface area (Å²) in [5.74, 6) is 1.11. The predicted molar refractivity (Wildman–Crippen MR) is 77.1 cm³/mol. The summed E-state index contributed by atoms with van der Waals surface area (Å²) in [6, 6.07) is 11.0. The largest absolute Gasteiger partial charge is 0.493 e. The Balaban J connectivity index is 2.35. The van der Waals surface area contributed by atoms with E-state index in [-0.39, 0.29) is 0 Å². The van der Waals surface area contributed by atoms with Crippen LogP contribution in [0.5, 0.6) is 11.6 Å². The third-order valence-electron chi connectivity index (χ3n) is 2.96. The van der Waals surface area contributed by atoms with Gasteiger partial charge in [0.05, 0.1) is 13.7 Å². The second kappa shape index (κ2) is 6.91. The number of aliphatic hydroxyl groups excluding tert-OH is 1. The molecule has 1 atom stereocenters. The quantitative estimate of drug-likeness (QED) is 0.879. The van der Waals surface area contributed by atoms with E-state index in [9.17, 15) is 5.11 Å². The van der Waals surface area contributed by atoms with Crippen LogP contribution < -0.4 is 9.47 Å². The van der Waals surface area contributed by atoms with Crippen molar-refractivity contribution < 1.29 is 14.6 Å². The van der Waals surface area contributed by atoms with Gasteiger partial charge >= 0.3 is 0 Å². The normalized spacial score (nSPS) is 11.9. The van der Waals surface area contributed by atoms with Crippen LogP contribution in [-0.2, 0) is 0 Å². The first-order valence-electron chi connectivity index (χ1n) is 6.66. The van der Waals surface area contributed by atoms with E-state index in [4.69, 9.17) is 9.47 Å². The minimum absolute atomic E-state index is 0.422. The smallest absolute Gasteiger partial charge is 0.219 e. The summed E-state index contributed by atoms with van der Waals surface area (Å²) >= 11 is 0. The molecule has 0 bridgehead atoms. The Bertz CT molecular complexity index is 557. The molecule has 0 amide bonds. The van der Waals surface area contributed by atoms with Gasteiger partial charge in [0, 0.05) is 17.3 Å². The minimum atomic E-state index is -0.827. The van der Waals surface area contributed by atoms with Gasteiger partial charge in [-0.1, -0.05) is 25.1 Å². The number of hydrogen-bond donors (Lipinski definition) is 1. The summed E-state index contributed by atoms with van der Waals surface area (Å²) < 4.78 is 10.9. The average Bonchev–Trinajstić information content (AvgIpc) is 2.52. The van der Waals surface area contributed by atoms with E-state index in [1.54, 1.807) is 18.3 Å². The van der Waals surface area contributed by atoms with Crippen LogP contribution in [0.2, 0.25) is 0 Å². The number of para-hydroxylation sites is 1. The zero-order valence-corrected chi connectivity index (χ0v) is 11.7. The van der Waals surface area contributed by atoms with E-state index in [0.717, 1.165) is 6.42 Å². The molecule has 0 spiro atoms. The molecule has 106 valence electrons. The highest BCUT2D eigenvalue weighted by Gasteiger charge is 2.19. The van der Waals surface area contributed by atoms with Crippen LogP contribution in [-0.4, -0.2) is 23.8 Å². The van der Waals surface area contributed by atoms with Crippen LogP contribution in [0.1, 0.15) is 30.6 Å². The lowest BCUT2D eigenvalue weighted by atomic mass is 10.0. The topological polar surface area (TPSA) is 51.6 Å². The Morgan fingerprint density at radius 2 is 1.90 bits per heavy atom. The van der Waals surface area contributed by atoms with Gasteiger partial charge in [-0.2, -0.15) is 0 Å². The van der Waals surface area contributed by atoms with Crippen molar-refractivity contribution in [2.75, 3.05) is 13.7 Å². The lowest BCUT2D eigenvalue weighted by Crippen LogP contribution is -2.06. The van der Waals surface area contributed by atoms with Crippen molar-refractivity contribution >= 4 is 0 Å². The molecule has 1 aromatic heterocycles. The molecule has 2 rings (SSSR count). The third kappa shape index (κ3) is 3.08. The summed E-state index contributed by atoms with van der Waals surface area (Å²) in [5.41, 5.74) is 1.34. The second-order valence-corrected chi connectivity index (χ2v) is 4.39. The number of ether oxygens (including phenoxy) is 2. The van der Waals surface area contributed by atoms with Crippen molar-refractivity contribution in [1.29, 1.82) is 0 Å². The Morgan fingerprint density at radius 3 is 2.65 bits per heavy atom. The lowest BCUT2D eigenvalue weighted by molar-refractivity contribution is 0.204. The number of nitrogens with zero attached hydrogens (tertiary/aromatic N) is 1. The molecular formula is C16H19NO3. The molecule has 1 unspecified atom stereocenters. The molecule has 1 N–H and O–H groups in total.